The van der Waals surface area contributed by atoms with Crippen LogP contribution in [-0.2, 0) is 4.57 Å². The van der Waals surface area contributed by atoms with E-state index in [2.05, 4.69) is 0 Å². The number of rotatable bonds is 9. The molecule has 10 nitrogen and oxygen atoms in total. The molecule has 0 fully saturated rings. The van der Waals surface area contributed by atoms with Crippen LogP contribution in [0.1, 0.15) is 31.1 Å². The van der Waals surface area contributed by atoms with Gasteiger partial charge in [0.15, 0.2) is 0 Å². The molecule has 164 valence electrons. The van der Waals surface area contributed by atoms with Gasteiger partial charge in [-0.2, -0.15) is 4.57 Å². The third-order valence-electron chi connectivity index (χ3n) is 3.89. The normalized spacial score (nSPS) is 10.8. The Morgan fingerprint density at radius 2 is 0.844 bits per heavy atom. The zero-order valence-electron chi connectivity index (χ0n) is 16.1. The van der Waals surface area contributed by atoms with Crippen molar-refractivity contribution in [3.8, 4) is 17.2 Å². The number of hydrogen-bond donors (Lipinski definition) is 3. The van der Waals surface area contributed by atoms with Crippen LogP contribution in [0.3, 0.4) is 0 Å². The van der Waals surface area contributed by atoms with Gasteiger partial charge in [0.25, 0.3) is 0 Å². The van der Waals surface area contributed by atoms with E-state index in [9.17, 15) is 18.9 Å². The summed E-state index contributed by atoms with van der Waals surface area (Å²) in [6.07, 6.45) is 0. The predicted octanol–water partition coefficient (Wildman–Crippen LogP) is 4.43. The smallest absolute Gasteiger partial charge is 0.478 e. The topological polar surface area (TPSA) is 157 Å². The van der Waals surface area contributed by atoms with Crippen molar-refractivity contribution in [1.29, 1.82) is 0 Å². The highest BCUT2D eigenvalue weighted by Crippen LogP contribution is 2.50. The van der Waals surface area contributed by atoms with Crippen LogP contribution in [0.15, 0.2) is 72.8 Å². The maximum atomic E-state index is 13.5. The molecule has 0 aliphatic rings. The first-order chi connectivity index (χ1) is 15.1. The second-order valence-electron chi connectivity index (χ2n) is 6.22. The van der Waals surface area contributed by atoms with Crippen LogP contribution < -0.4 is 13.6 Å². The lowest BCUT2D eigenvalue weighted by Gasteiger charge is -2.20. The van der Waals surface area contributed by atoms with Crippen LogP contribution >= 0.6 is 7.82 Å². The minimum absolute atomic E-state index is 0.158. The molecule has 0 aliphatic heterocycles. The van der Waals surface area contributed by atoms with Crippen molar-refractivity contribution in [2.75, 3.05) is 0 Å². The second kappa shape index (κ2) is 9.23. The second-order valence-corrected chi connectivity index (χ2v) is 7.66. The summed E-state index contributed by atoms with van der Waals surface area (Å²) in [6.45, 7) is 0. The van der Waals surface area contributed by atoms with Gasteiger partial charge in [0.05, 0.1) is 16.7 Å². The van der Waals surface area contributed by atoms with Crippen molar-refractivity contribution in [3.05, 3.63) is 89.5 Å². The molecule has 0 saturated carbocycles. The van der Waals surface area contributed by atoms with Crippen molar-refractivity contribution in [1.82, 2.24) is 0 Å². The maximum absolute atomic E-state index is 13.5. The Hall–Kier alpha value is -4.30. The van der Waals surface area contributed by atoms with Crippen LogP contribution in [0, 0.1) is 0 Å². The third kappa shape index (κ3) is 5.65. The summed E-state index contributed by atoms with van der Waals surface area (Å²) in [6, 6.07) is 15.1. The van der Waals surface area contributed by atoms with E-state index in [1.807, 2.05) is 0 Å². The fraction of sp³-hybridized carbons (Fsp3) is 0. The van der Waals surface area contributed by atoms with E-state index in [4.69, 9.17) is 28.9 Å². The highest BCUT2D eigenvalue weighted by Gasteiger charge is 2.34. The molecule has 0 radical (unpaired) electrons. The van der Waals surface area contributed by atoms with Crippen LogP contribution in [0.5, 0.6) is 17.2 Å². The van der Waals surface area contributed by atoms with E-state index in [1.165, 1.54) is 54.6 Å². The van der Waals surface area contributed by atoms with Gasteiger partial charge in [-0.25, -0.2) is 14.4 Å². The van der Waals surface area contributed by atoms with Crippen LogP contribution in [0.25, 0.3) is 0 Å². The summed E-state index contributed by atoms with van der Waals surface area (Å²) in [4.78, 5) is 33.6. The first-order valence-corrected chi connectivity index (χ1v) is 10.3. The molecule has 0 unspecified atom stereocenters. The monoisotopic (exact) mass is 458 g/mol. The van der Waals surface area contributed by atoms with Crippen molar-refractivity contribution in [2.24, 2.45) is 0 Å². The molecule has 3 rings (SSSR count). The summed E-state index contributed by atoms with van der Waals surface area (Å²) in [5.74, 6) is -4.27. The Kier molecular flexibility index (Phi) is 6.46. The fourth-order valence-electron chi connectivity index (χ4n) is 2.50. The van der Waals surface area contributed by atoms with Crippen molar-refractivity contribution >= 4 is 25.7 Å². The number of benzene rings is 3. The first kappa shape index (κ1) is 22.4. The lowest BCUT2D eigenvalue weighted by Crippen LogP contribution is -2.09. The molecule has 32 heavy (non-hydrogen) atoms. The SMILES string of the molecule is O=C(O)c1cccc(OP(=O)(Oc2cccc(C(=O)O)c2)Oc2cccc(C(=O)O)c2)c1. The van der Waals surface area contributed by atoms with E-state index in [0.29, 0.717) is 0 Å². The number of carboxylic acids is 3. The van der Waals surface area contributed by atoms with Crippen molar-refractivity contribution < 1.29 is 47.8 Å². The van der Waals surface area contributed by atoms with Gasteiger partial charge >= 0.3 is 25.7 Å². The number of phosphoric acid groups is 1. The lowest BCUT2D eigenvalue weighted by molar-refractivity contribution is 0.0686. The van der Waals surface area contributed by atoms with E-state index in [1.54, 1.807) is 0 Å². The van der Waals surface area contributed by atoms with Gasteiger partial charge in [0, 0.05) is 0 Å². The Morgan fingerprint density at radius 3 is 1.09 bits per heavy atom. The molecule has 0 bridgehead atoms. The Balaban J connectivity index is 1.99. The number of phosphoric ester groups is 1. The summed E-state index contributed by atoms with van der Waals surface area (Å²) in [7, 11) is -4.61. The molecular formula is C21H15O10P. The van der Waals surface area contributed by atoms with E-state index < -0.39 is 25.7 Å². The molecule has 0 saturated heterocycles. The molecule has 0 atom stereocenters. The number of hydrogen-bond acceptors (Lipinski definition) is 7. The van der Waals surface area contributed by atoms with Gasteiger partial charge in [-0.15, -0.1) is 0 Å². The summed E-state index contributed by atoms with van der Waals surface area (Å²) >= 11 is 0. The molecule has 3 N–H and O–H groups in total. The van der Waals surface area contributed by atoms with Gasteiger partial charge in [-0.3, -0.25) is 0 Å². The molecule has 0 amide bonds. The molecule has 0 aliphatic carbocycles. The minimum Gasteiger partial charge on any atom is -0.478 e. The highest BCUT2D eigenvalue weighted by atomic mass is 31.2. The van der Waals surface area contributed by atoms with Gasteiger partial charge in [-0.1, -0.05) is 18.2 Å². The molecular weight excluding hydrogens is 443 g/mol. The third-order valence-corrected chi connectivity index (χ3v) is 5.20. The Bertz CT molecular complexity index is 1090. The summed E-state index contributed by atoms with van der Waals surface area (Å²) in [5.41, 5.74) is -0.473. The number of aromatic carboxylic acids is 3. The van der Waals surface area contributed by atoms with Crippen LogP contribution in [0.2, 0.25) is 0 Å². The molecule has 0 aromatic heterocycles. The Labute approximate surface area is 180 Å². The maximum Gasteiger partial charge on any atom is 0.647 e. The number of carboxylic acid groups (broad SMARTS) is 3. The van der Waals surface area contributed by atoms with Gasteiger partial charge in [0.2, 0.25) is 0 Å². The predicted molar refractivity (Wildman–Crippen MR) is 110 cm³/mol. The zero-order chi connectivity index (χ0) is 23.3. The van der Waals surface area contributed by atoms with E-state index in [-0.39, 0.29) is 33.9 Å². The number of carbonyl (C=O) groups is 3. The summed E-state index contributed by atoms with van der Waals surface area (Å²) < 4.78 is 29.5. The quantitative estimate of drug-likeness (QED) is 0.392. The lowest BCUT2D eigenvalue weighted by atomic mass is 10.2. The van der Waals surface area contributed by atoms with Gasteiger partial charge < -0.3 is 28.9 Å². The minimum atomic E-state index is -4.61. The van der Waals surface area contributed by atoms with Gasteiger partial charge in [-0.05, 0) is 54.6 Å². The average Bonchev–Trinajstić information content (AvgIpc) is 2.74. The molecule has 3 aromatic rings. The largest absolute Gasteiger partial charge is 0.647 e. The molecule has 0 spiro atoms. The molecule has 3 aromatic carbocycles. The zero-order valence-corrected chi connectivity index (χ0v) is 17.0. The van der Waals surface area contributed by atoms with E-state index in [0.717, 1.165) is 18.2 Å². The van der Waals surface area contributed by atoms with Crippen LogP contribution in [-0.4, -0.2) is 33.2 Å². The average molecular weight is 458 g/mol. The van der Waals surface area contributed by atoms with Crippen molar-refractivity contribution in [2.45, 2.75) is 0 Å². The molecule has 0 heterocycles. The molecule has 11 heteroatoms. The van der Waals surface area contributed by atoms with E-state index >= 15 is 0 Å². The standard InChI is InChI=1S/C21H15O10P/c22-19(23)13-4-1-7-16(10-13)29-32(28,30-17-8-2-5-14(11-17)20(24)25)31-18-9-3-6-15(12-18)21(26)27/h1-12H,(H,22,23)(H,24,25)(H,26,27). The van der Waals surface area contributed by atoms with Crippen molar-refractivity contribution in [3.63, 3.8) is 0 Å². The fourth-order valence-corrected chi connectivity index (χ4v) is 3.73. The Morgan fingerprint density at radius 1 is 0.562 bits per heavy atom. The first-order valence-electron chi connectivity index (χ1n) is 8.84. The summed E-state index contributed by atoms with van der Waals surface area (Å²) in [5, 5.41) is 27.4. The van der Waals surface area contributed by atoms with Crippen LogP contribution in [0.4, 0.5) is 0 Å². The highest BCUT2D eigenvalue weighted by molar-refractivity contribution is 7.49. The van der Waals surface area contributed by atoms with Gasteiger partial charge in [0.1, 0.15) is 17.2 Å².